The molecule has 1 unspecified atom stereocenters. The SMILES string of the molecule is CN(CC1CCOCC1)CC(N)c1ccc(F)cc1. The number of hydrogen-bond acceptors (Lipinski definition) is 3. The molecule has 1 aromatic carbocycles. The molecule has 2 rings (SSSR count). The van der Waals surface area contributed by atoms with Crippen LogP contribution in [0.2, 0.25) is 0 Å². The second kappa shape index (κ2) is 6.98. The second-order valence-corrected chi connectivity index (χ2v) is 5.44. The Labute approximate surface area is 114 Å². The predicted octanol–water partition coefficient (Wildman–Crippen LogP) is 2.18. The summed E-state index contributed by atoms with van der Waals surface area (Å²) in [5, 5.41) is 0. The average molecular weight is 266 g/mol. The van der Waals surface area contributed by atoms with Crippen molar-refractivity contribution in [2.45, 2.75) is 18.9 Å². The molecule has 0 bridgehead atoms. The van der Waals surface area contributed by atoms with Crippen LogP contribution in [0.15, 0.2) is 24.3 Å². The van der Waals surface area contributed by atoms with Gasteiger partial charge in [-0.05, 0) is 43.5 Å². The lowest BCUT2D eigenvalue weighted by Crippen LogP contribution is -2.34. The molecular weight excluding hydrogens is 243 g/mol. The minimum absolute atomic E-state index is 0.0644. The molecule has 106 valence electrons. The van der Waals surface area contributed by atoms with Crippen molar-refractivity contribution in [3.63, 3.8) is 0 Å². The lowest BCUT2D eigenvalue weighted by atomic mass is 9.99. The first kappa shape index (κ1) is 14.4. The van der Waals surface area contributed by atoms with Crippen molar-refractivity contribution < 1.29 is 9.13 Å². The van der Waals surface area contributed by atoms with Gasteiger partial charge in [-0.3, -0.25) is 0 Å². The van der Waals surface area contributed by atoms with E-state index in [0.29, 0.717) is 5.92 Å². The van der Waals surface area contributed by atoms with E-state index in [0.717, 1.165) is 44.7 Å². The second-order valence-electron chi connectivity index (χ2n) is 5.44. The van der Waals surface area contributed by atoms with Crippen LogP contribution in [-0.2, 0) is 4.74 Å². The minimum atomic E-state index is -0.216. The maximum absolute atomic E-state index is 12.9. The van der Waals surface area contributed by atoms with Gasteiger partial charge >= 0.3 is 0 Å². The molecule has 1 aliphatic heterocycles. The quantitative estimate of drug-likeness (QED) is 0.888. The van der Waals surface area contributed by atoms with Crippen LogP contribution in [0.4, 0.5) is 4.39 Å². The molecule has 1 heterocycles. The van der Waals surface area contributed by atoms with Gasteiger partial charge in [-0.2, -0.15) is 0 Å². The third-order valence-corrected chi connectivity index (χ3v) is 3.72. The third kappa shape index (κ3) is 4.56. The summed E-state index contributed by atoms with van der Waals surface area (Å²) in [6.45, 7) is 3.60. The van der Waals surface area contributed by atoms with E-state index in [1.54, 1.807) is 12.1 Å². The Hall–Kier alpha value is -0.970. The van der Waals surface area contributed by atoms with Crippen LogP contribution in [0.3, 0.4) is 0 Å². The maximum atomic E-state index is 12.9. The number of ether oxygens (including phenoxy) is 1. The molecule has 0 aromatic heterocycles. The van der Waals surface area contributed by atoms with Gasteiger partial charge in [0.2, 0.25) is 0 Å². The fraction of sp³-hybridized carbons (Fsp3) is 0.600. The smallest absolute Gasteiger partial charge is 0.123 e. The van der Waals surface area contributed by atoms with E-state index in [1.807, 2.05) is 0 Å². The molecule has 4 heteroatoms. The summed E-state index contributed by atoms with van der Waals surface area (Å²) in [7, 11) is 2.10. The van der Waals surface area contributed by atoms with Crippen LogP contribution >= 0.6 is 0 Å². The van der Waals surface area contributed by atoms with E-state index in [-0.39, 0.29) is 11.9 Å². The van der Waals surface area contributed by atoms with Crippen LogP contribution in [0.25, 0.3) is 0 Å². The third-order valence-electron chi connectivity index (χ3n) is 3.72. The lowest BCUT2D eigenvalue weighted by molar-refractivity contribution is 0.0551. The zero-order valence-corrected chi connectivity index (χ0v) is 11.5. The molecule has 0 spiro atoms. The van der Waals surface area contributed by atoms with E-state index in [4.69, 9.17) is 10.5 Å². The van der Waals surface area contributed by atoms with Crippen LogP contribution in [0.5, 0.6) is 0 Å². The molecule has 0 aliphatic carbocycles. The Kier molecular flexibility index (Phi) is 5.31. The summed E-state index contributed by atoms with van der Waals surface area (Å²) < 4.78 is 18.2. The van der Waals surface area contributed by atoms with E-state index in [2.05, 4.69) is 11.9 Å². The summed E-state index contributed by atoms with van der Waals surface area (Å²) >= 11 is 0. The van der Waals surface area contributed by atoms with Crippen molar-refractivity contribution in [1.82, 2.24) is 4.90 Å². The Morgan fingerprint density at radius 3 is 2.58 bits per heavy atom. The monoisotopic (exact) mass is 266 g/mol. The van der Waals surface area contributed by atoms with Gasteiger partial charge in [0.1, 0.15) is 5.82 Å². The molecule has 3 nitrogen and oxygen atoms in total. The van der Waals surface area contributed by atoms with Gasteiger partial charge < -0.3 is 15.4 Å². The number of halogens is 1. The normalized spacial score (nSPS) is 18.7. The largest absolute Gasteiger partial charge is 0.381 e. The van der Waals surface area contributed by atoms with Crippen molar-refractivity contribution in [1.29, 1.82) is 0 Å². The Balaban J connectivity index is 1.80. The summed E-state index contributed by atoms with van der Waals surface area (Å²) in [5.41, 5.74) is 7.15. The highest BCUT2D eigenvalue weighted by Gasteiger charge is 2.17. The van der Waals surface area contributed by atoms with Gasteiger partial charge in [0.25, 0.3) is 0 Å². The summed E-state index contributed by atoms with van der Waals surface area (Å²) in [6, 6.07) is 6.40. The summed E-state index contributed by atoms with van der Waals surface area (Å²) in [4.78, 5) is 2.27. The highest BCUT2D eigenvalue weighted by molar-refractivity contribution is 5.19. The highest BCUT2D eigenvalue weighted by Crippen LogP contribution is 2.17. The number of benzene rings is 1. The maximum Gasteiger partial charge on any atom is 0.123 e. The van der Waals surface area contributed by atoms with Crippen molar-refractivity contribution in [3.05, 3.63) is 35.6 Å². The molecule has 2 N–H and O–H groups in total. The Morgan fingerprint density at radius 2 is 1.95 bits per heavy atom. The molecule has 0 radical (unpaired) electrons. The molecule has 19 heavy (non-hydrogen) atoms. The molecular formula is C15H23FN2O. The van der Waals surface area contributed by atoms with Gasteiger partial charge in [-0.1, -0.05) is 12.1 Å². The molecule has 1 aromatic rings. The lowest BCUT2D eigenvalue weighted by Gasteiger charge is -2.28. The first-order chi connectivity index (χ1) is 9.15. The van der Waals surface area contributed by atoms with E-state index >= 15 is 0 Å². The first-order valence-corrected chi connectivity index (χ1v) is 6.92. The van der Waals surface area contributed by atoms with Gasteiger partial charge in [0.05, 0.1) is 0 Å². The fourth-order valence-corrected chi connectivity index (χ4v) is 2.60. The number of rotatable bonds is 5. The average Bonchev–Trinajstić information content (AvgIpc) is 2.40. The molecule has 0 amide bonds. The van der Waals surface area contributed by atoms with E-state index in [9.17, 15) is 4.39 Å². The van der Waals surface area contributed by atoms with Gasteiger partial charge in [0, 0.05) is 32.3 Å². The first-order valence-electron chi connectivity index (χ1n) is 6.92. The summed E-state index contributed by atoms with van der Waals surface area (Å²) in [6.07, 6.45) is 2.27. The molecule has 1 saturated heterocycles. The molecule has 1 aliphatic rings. The van der Waals surface area contributed by atoms with Crippen LogP contribution in [0, 0.1) is 11.7 Å². The minimum Gasteiger partial charge on any atom is -0.381 e. The molecule has 1 fully saturated rings. The standard InChI is InChI=1S/C15H23FN2O/c1-18(10-12-6-8-19-9-7-12)11-15(17)13-2-4-14(16)5-3-13/h2-5,12,15H,6-11,17H2,1H3. The van der Waals surface area contributed by atoms with Crippen molar-refractivity contribution in [3.8, 4) is 0 Å². The van der Waals surface area contributed by atoms with E-state index in [1.165, 1.54) is 12.1 Å². The molecule has 0 saturated carbocycles. The Bertz CT molecular complexity index is 376. The highest BCUT2D eigenvalue weighted by atomic mass is 19.1. The van der Waals surface area contributed by atoms with Gasteiger partial charge in [-0.15, -0.1) is 0 Å². The summed E-state index contributed by atoms with van der Waals surface area (Å²) in [5.74, 6) is 0.491. The molecule has 1 atom stereocenters. The van der Waals surface area contributed by atoms with Crippen molar-refractivity contribution in [2.24, 2.45) is 11.7 Å². The van der Waals surface area contributed by atoms with Crippen LogP contribution in [0.1, 0.15) is 24.4 Å². The zero-order chi connectivity index (χ0) is 13.7. The topological polar surface area (TPSA) is 38.5 Å². The fourth-order valence-electron chi connectivity index (χ4n) is 2.60. The van der Waals surface area contributed by atoms with Crippen molar-refractivity contribution >= 4 is 0 Å². The van der Waals surface area contributed by atoms with Crippen molar-refractivity contribution in [2.75, 3.05) is 33.4 Å². The van der Waals surface area contributed by atoms with Gasteiger partial charge in [-0.25, -0.2) is 4.39 Å². The predicted molar refractivity (Wildman–Crippen MR) is 74.4 cm³/mol. The van der Waals surface area contributed by atoms with Crippen LogP contribution in [-0.4, -0.2) is 38.3 Å². The number of hydrogen-bond donors (Lipinski definition) is 1. The van der Waals surface area contributed by atoms with E-state index < -0.39 is 0 Å². The zero-order valence-electron chi connectivity index (χ0n) is 11.5. The number of nitrogens with two attached hydrogens (primary N) is 1. The van der Waals surface area contributed by atoms with Gasteiger partial charge in [0.15, 0.2) is 0 Å². The number of likely N-dealkylation sites (N-methyl/N-ethyl adjacent to an activating group) is 1. The number of nitrogens with zero attached hydrogens (tertiary/aromatic N) is 1. The van der Waals surface area contributed by atoms with Crippen LogP contribution < -0.4 is 5.73 Å². The Morgan fingerprint density at radius 1 is 1.32 bits per heavy atom.